The van der Waals surface area contributed by atoms with E-state index in [-0.39, 0.29) is 24.9 Å². The molecule has 28 heavy (non-hydrogen) atoms. The molecule has 0 spiro atoms. The molecule has 8 heteroatoms. The van der Waals surface area contributed by atoms with E-state index in [2.05, 4.69) is 23.6 Å². The number of rotatable bonds is 7. The maximum Gasteiger partial charge on any atom is 0.411 e. The monoisotopic (exact) mass is 396 g/mol. The lowest BCUT2D eigenvalue weighted by atomic mass is 9.89. The van der Waals surface area contributed by atoms with Gasteiger partial charge in [-0.1, -0.05) is 0 Å². The molecule has 2 unspecified atom stereocenters. The molecule has 0 saturated carbocycles. The number of amides is 1. The first kappa shape index (κ1) is 21.3. The third-order valence-corrected chi connectivity index (χ3v) is 6.61. The van der Waals surface area contributed by atoms with Gasteiger partial charge in [-0.2, -0.15) is 0 Å². The number of carbonyl (C=O) groups excluding carboxylic acids is 1. The van der Waals surface area contributed by atoms with E-state index in [9.17, 15) is 9.59 Å². The Morgan fingerprint density at radius 2 is 1.86 bits per heavy atom. The Bertz CT molecular complexity index is 550. The molecule has 3 aliphatic heterocycles. The van der Waals surface area contributed by atoms with Crippen molar-refractivity contribution in [2.45, 2.75) is 57.8 Å². The summed E-state index contributed by atoms with van der Waals surface area (Å²) in [6.45, 7) is 9.72. The zero-order valence-electron chi connectivity index (χ0n) is 17.5. The van der Waals surface area contributed by atoms with Gasteiger partial charge in [-0.3, -0.25) is 14.6 Å². The summed E-state index contributed by atoms with van der Waals surface area (Å²) in [4.78, 5) is 31.5. The number of hydrogen-bond acceptors (Lipinski definition) is 6. The van der Waals surface area contributed by atoms with Gasteiger partial charge in [-0.15, -0.1) is 0 Å². The highest BCUT2D eigenvalue weighted by atomic mass is 16.6. The number of nitrogens with zero attached hydrogens (tertiary/aromatic N) is 4. The molecule has 3 saturated heterocycles. The summed E-state index contributed by atoms with van der Waals surface area (Å²) in [5.41, 5.74) is 0. The summed E-state index contributed by atoms with van der Waals surface area (Å²) < 4.78 is 5.56. The fourth-order valence-electron chi connectivity index (χ4n) is 4.82. The molecule has 0 aliphatic carbocycles. The Morgan fingerprint density at radius 3 is 2.43 bits per heavy atom. The number of cyclic esters (lactones) is 1. The zero-order valence-corrected chi connectivity index (χ0v) is 17.5. The molecule has 1 amide bonds. The molecule has 0 aromatic carbocycles. The average molecular weight is 397 g/mol. The molecule has 3 aliphatic rings. The van der Waals surface area contributed by atoms with Crippen molar-refractivity contribution in [2.75, 3.05) is 52.9 Å². The highest BCUT2D eigenvalue weighted by Crippen LogP contribution is 2.28. The number of ether oxygens (including phenoxy) is 1. The van der Waals surface area contributed by atoms with Crippen molar-refractivity contribution in [3.8, 4) is 0 Å². The van der Waals surface area contributed by atoms with Gasteiger partial charge in [0.2, 0.25) is 0 Å². The first-order valence-corrected chi connectivity index (χ1v) is 10.7. The van der Waals surface area contributed by atoms with Crippen LogP contribution in [0.2, 0.25) is 0 Å². The SMILES string of the molecule is CC(C)N1CCC(CCC2CN(CC(=O)O)CCN2C2CN(C)C(=O)O2)CC1. The van der Waals surface area contributed by atoms with Crippen LogP contribution in [-0.4, -0.2) is 108 Å². The lowest BCUT2D eigenvalue weighted by Gasteiger charge is -2.43. The van der Waals surface area contributed by atoms with Crippen LogP contribution in [0.4, 0.5) is 4.79 Å². The van der Waals surface area contributed by atoms with Crippen molar-refractivity contribution in [2.24, 2.45) is 5.92 Å². The van der Waals surface area contributed by atoms with Crippen molar-refractivity contribution in [1.29, 1.82) is 0 Å². The van der Waals surface area contributed by atoms with Gasteiger partial charge in [-0.25, -0.2) is 4.79 Å². The Balaban J connectivity index is 1.56. The number of likely N-dealkylation sites (N-methyl/N-ethyl adjacent to an activating group) is 1. The fourth-order valence-corrected chi connectivity index (χ4v) is 4.82. The predicted octanol–water partition coefficient (Wildman–Crippen LogP) is 1.37. The van der Waals surface area contributed by atoms with Gasteiger partial charge in [0.25, 0.3) is 0 Å². The normalized spacial score (nSPS) is 28.9. The van der Waals surface area contributed by atoms with Crippen molar-refractivity contribution >= 4 is 12.1 Å². The van der Waals surface area contributed by atoms with Crippen molar-refractivity contribution in [3.05, 3.63) is 0 Å². The van der Waals surface area contributed by atoms with Crippen LogP contribution in [0.25, 0.3) is 0 Å². The number of likely N-dealkylation sites (tertiary alicyclic amines) is 1. The molecule has 3 heterocycles. The van der Waals surface area contributed by atoms with Gasteiger partial charge in [0, 0.05) is 38.8 Å². The minimum atomic E-state index is -0.778. The molecule has 0 radical (unpaired) electrons. The van der Waals surface area contributed by atoms with Gasteiger partial charge < -0.3 is 19.6 Å². The molecular weight excluding hydrogens is 360 g/mol. The predicted molar refractivity (Wildman–Crippen MR) is 106 cm³/mol. The first-order valence-electron chi connectivity index (χ1n) is 10.7. The number of piperidine rings is 1. The molecule has 3 fully saturated rings. The summed E-state index contributed by atoms with van der Waals surface area (Å²) in [5.74, 6) is -0.0409. The van der Waals surface area contributed by atoms with Crippen LogP contribution in [-0.2, 0) is 9.53 Å². The molecule has 160 valence electrons. The quantitative estimate of drug-likeness (QED) is 0.696. The topological polar surface area (TPSA) is 76.6 Å². The number of aliphatic carboxylic acids is 1. The first-order chi connectivity index (χ1) is 13.3. The fraction of sp³-hybridized carbons (Fsp3) is 0.900. The summed E-state index contributed by atoms with van der Waals surface area (Å²) in [6.07, 6.45) is 4.19. The second-order valence-electron chi connectivity index (χ2n) is 8.89. The molecule has 2 atom stereocenters. The Morgan fingerprint density at radius 1 is 1.14 bits per heavy atom. The van der Waals surface area contributed by atoms with E-state index in [4.69, 9.17) is 9.84 Å². The lowest BCUT2D eigenvalue weighted by molar-refractivity contribution is -0.139. The standard InChI is InChI=1S/C20H36N4O4/c1-15(2)23-8-6-16(7-9-23)4-5-17-12-22(14-19(25)26)10-11-24(17)18-13-21(3)20(27)28-18/h15-18H,4-14H2,1-3H3,(H,25,26). The molecule has 0 aromatic rings. The van der Waals surface area contributed by atoms with Crippen molar-refractivity contribution < 1.29 is 19.4 Å². The van der Waals surface area contributed by atoms with Gasteiger partial charge in [-0.05, 0) is 58.5 Å². The number of carboxylic acid groups (broad SMARTS) is 1. The maximum absolute atomic E-state index is 11.8. The van der Waals surface area contributed by atoms with E-state index in [0.29, 0.717) is 19.1 Å². The number of carboxylic acids is 1. The van der Waals surface area contributed by atoms with Crippen molar-refractivity contribution in [1.82, 2.24) is 19.6 Å². The van der Waals surface area contributed by atoms with Gasteiger partial charge in [0.1, 0.15) is 0 Å². The highest BCUT2D eigenvalue weighted by Gasteiger charge is 2.39. The third-order valence-electron chi connectivity index (χ3n) is 6.61. The second-order valence-corrected chi connectivity index (χ2v) is 8.89. The lowest BCUT2D eigenvalue weighted by Crippen LogP contribution is -2.58. The Hall–Kier alpha value is -1.38. The third kappa shape index (κ3) is 5.36. The average Bonchev–Trinajstić information content (AvgIpc) is 2.98. The van der Waals surface area contributed by atoms with E-state index >= 15 is 0 Å². The van der Waals surface area contributed by atoms with Crippen LogP contribution in [0.5, 0.6) is 0 Å². The summed E-state index contributed by atoms with van der Waals surface area (Å²) in [6, 6.07) is 0.855. The van der Waals surface area contributed by atoms with E-state index in [1.54, 1.807) is 11.9 Å². The zero-order chi connectivity index (χ0) is 20.3. The second kappa shape index (κ2) is 9.41. The van der Waals surface area contributed by atoms with Gasteiger partial charge in [0.05, 0.1) is 13.1 Å². The molecule has 0 bridgehead atoms. The van der Waals surface area contributed by atoms with Crippen molar-refractivity contribution in [3.63, 3.8) is 0 Å². The molecule has 8 nitrogen and oxygen atoms in total. The maximum atomic E-state index is 11.8. The van der Waals surface area contributed by atoms with E-state index in [0.717, 1.165) is 31.8 Å². The van der Waals surface area contributed by atoms with Crippen LogP contribution in [0, 0.1) is 5.92 Å². The Labute approximate surface area is 168 Å². The molecule has 3 rings (SSSR count). The minimum absolute atomic E-state index is 0.0848. The van der Waals surface area contributed by atoms with E-state index < -0.39 is 5.97 Å². The minimum Gasteiger partial charge on any atom is -0.480 e. The van der Waals surface area contributed by atoms with E-state index in [1.165, 1.54) is 25.9 Å². The van der Waals surface area contributed by atoms with Crippen LogP contribution in [0.1, 0.15) is 39.5 Å². The van der Waals surface area contributed by atoms with Crippen LogP contribution in [0.15, 0.2) is 0 Å². The molecule has 0 aromatic heterocycles. The van der Waals surface area contributed by atoms with Crippen LogP contribution < -0.4 is 0 Å². The van der Waals surface area contributed by atoms with Crippen LogP contribution >= 0.6 is 0 Å². The smallest absolute Gasteiger partial charge is 0.411 e. The summed E-state index contributed by atoms with van der Waals surface area (Å²) in [7, 11) is 1.76. The number of piperazine rings is 1. The van der Waals surface area contributed by atoms with Crippen LogP contribution in [0.3, 0.4) is 0 Å². The largest absolute Gasteiger partial charge is 0.480 e. The molecule has 1 N–H and O–H groups in total. The molecular formula is C20H36N4O4. The van der Waals surface area contributed by atoms with Gasteiger partial charge >= 0.3 is 12.1 Å². The van der Waals surface area contributed by atoms with Gasteiger partial charge in [0.15, 0.2) is 6.23 Å². The summed E-state index contributed by atoms with van der Waals surface area (Å²) in [5, 5.41) is 9.17. The Kier molecular flexibility index (Phi) is 7.17. The highest BCUT2D eigenvalue weighted by molar-refractivity contribution is 5.69. The number of carbonyl (C=O) groups is 2. The van der Waals surface area contributed by atoms with E-state index in [1.807, 2.05) is 4.90 Å². The number of hydrogen-bond donors (Lipinski definition) is 1. The summed E-state index contributed by atoms with van der Waals surface area (Å²) >= 11 is 0.